The van der Waals surface area contributed by atoms with Gasteiger partial charge in [-0.15, -0.1) is 0 Å². The number of nitrogens with one attached hydrogen (secondary N) is 1. The normalized spacial score (nSPS) is 17.1. The largest absolute Gasteiger partial charge is 0.435 e. The van der Waals surface area contributed by atoms with Crippen molar-refractivity contribution in [3.8, 4) is 5.75 Å². The van der Waals surface area contributed by atoms with Gasteiger partial charge in [0.15, 0.2) is 0 Å². The fraction of sp³-hybridized carbons (Fsp3) is 0.562. The van der Waals surface area contributed by atoms with Gasteiger partial charge < -0.3 is 15.2 Å². The van der Waals surface area contributed by atoms with E-state index in [1.165, 1.54) is 12.1 Å². The number of amides is 1. The first kappa shape index (κ1) is 16.7. The van der Waals surface area contributed by atoms with Crippen LogP contribution in [0, 0.1) is 5.92 Å². The standard InChI is InChI=1S/C16H21F2NO3/c1-16(10-20,12-5-6-12)19-14(21)9-4-11-2-7-13(8-3-11)22-15(17)18/h2-3,7-8,12,15,20H,4-6,9-10H2,1H3,(H,19,21). The summed E-state index contributed by atoms with van der Waals surface area (Å²) in [4.78, 5) is 12.0. The Morgan fingerprint density at radius 2 is 2.05 bits per heavy atom. The zero-order valence-corrected chi connectivity index (χ0v) is 12.5. The van der Waals surface area contributed by atoms with E-state index in [1.807, 2.05) is 6.92 Å². The predicted octanol–water partition coefficient (Wildman–Crippen LogP) is 2.50. The summed E-state index contributed by atoms with van der Waals surface area (Å²) in [7, 11) is 0. The Balaban J connectivity index is 1.80. The molecule has 0 bridgehead atoms. The topological polar surface area (TPSA) is 58.6 Å². The number of ether oxygens (including phenoxy) is 1. The highest BCUT2D eigenvalue weighted by atomic mass is 19.3. The summed E-state index contributed by atoms with van der Waals surface area (Å²) < 4.78 is 28.3. The van der Waals surface area contributed by atoms with Crippen molar-refractivity contribution in [2.45, 2.75) is 44.8 Å². The van der Waals surface area contributed by atoms with Gasteiger partial charge in [-0.1, -0.05) is 12.1 Å². The second-order valence-electron chi connectivity index (χ2n) is 5.92. The third kappa shape index (κ3) is 4.66. The van der Waals surface area contributed by atoms with Crippen molar-refractivity contribution in [3.05, 3.63) is 29.8 Å². The van der Waals surface area contributed by atoms with E-state index < -0.39 is 12.2 Å². The lowest BCUT2D eigenvalue weighted by molar-refractivity contribution is -0.123. The first-order valence-corrected chi connectivity index (χ1v) is 7.38. The van der Waals surface area contributed by atoms with Gasteiger partial charge in [-0.3, -0.25) is 4.79 Å². The van der Waals surface area contributed by atoms with Crippen molar-refractivity contribution >= 4 is 5.91 Å². The number of hydrogen-bond acceptors (Lipinski definition) is 3. The molecule has 1 aliphatic carbocycles. The van der Waals surface area contributed by atoms with Gasteiger partial charge in [0.1, 0.15) is 5.75 Å². The summed E-state index contributed by atoms with van der Waals surface area (Å²) in [5.41, 5.74) is 0.334. The van der Waals surface area contributed by atoms with Crippen LogP contribution in [-0.4, -0.2) is 29.8 Å². The molecule has 1 aromatic rings. The third-order valence-corrected chi connectivity index (χ3v) is 4.02. The number of benzene rings is 1. The minimum atomic E-state index is -2.84. The maximum atomic E-state index is 12.0. The van der Waals surface area contributed by atoms with E-state index in [4.69, 9.17) is 0 Å². The van der Waals surface area contributed by atoms with Gasteiger partial charge in [-0.25, -0.2) is 0 Å². The second-order valence-corrected chi connectivity index (χ2v) is 5.92. The zero-order valence-electron chi connectivity index (χ0n) is 12.5. The van der Waals surface area contributed by atoms with E-state index in [0.29, 0.717) is 12.3 Å². The highest BCUT2D eigenvalue weighted by molar-refractivity contribution is 5.77. The lowest BCUT2D eigenvalue weighted by Gasteiger charge is -2.28. The quantitative estimate of drug-likeness (QED) is 0.775. The van der Waals surface area contributed by atoms with Crippen molar-refractivity contribution in [2.24, 2.45) is 5.92 Å². The fourth-order valence-corrected chi connectivity index (χ4v) is 2.47. The smallest absolute Gasteiger partial charge is 0.387 e. The summed E-state index contributed by atoms with van der Waals surface area (Å²) in [6, 6.07) is 6.25. The number of rotatable bonds is 8. The molecule has 0 aliphatic heterocycles. The van der Waals surface area contributed by atoms with Crippen molar-refractivity contribution in [3.63, 3.8) is 0 Å². The molecule has 4 nitrogen and oxygen atoms in total. The summed E-state index contributed by atoms with van der Waals surface area (Å²) in [5.74, 6) is 0.341. The van der Waals surface area contributed by atoms with Crippen molar-refractivity contribution < 1.29 is 23.4 Å². The summed E-state index contributed by atoms with van der Waals surface area (Å²) >= 11 is 0. The molecule has 0 saturated heterocycles. The van der Waals surface area contributed by atoms with E-state index >= 15 is 0 Å². The van der Waals surface area contributed by atoms with Crippen LogP contribution in [0.15, 0.2) is 24.3 Å². The van der Waals surface area contributed by atoms with E-state index in [0.717, 1.165) is 18.4 Å². The molecule has 6 heteroatoms. The molecule has 1 atom stereocenters. The number of halogens is 2. The van der Waals surface area contributed by atoms with Crippen LogP contribution in [-0.2, 0) is 11.2 Å². The lowest BCUT2D eigenvalue weighted by atomic mass is 9.96. The monoisotopic (exact) mass is 313 g/mol. The molecule has 1 aromatic carbocycles. The van der Waals surface area contributed by atoms with Gasteiger partial charge in [0.25, 0.3) is 0 Å². The SMILES string of the molecule is CC(CO)(NC(=O)CCc1ccc(OC(F)F)cc1)C1CC1. The van der Waals surface area contributed by atoms with Crippen LogP contribution < -0.4 is 10.1 Å². The van der Waals surface area contributed by atoms with Gasteiger partial charge in [-0.2, -0.15) is 8.78 Å². The van der Waals surface area contributed by atoms with Crippen LogP contribution in [0.5, 0.6) is 5.75 Å². The van der Waals surface area contributed by atoms with Gasteiger partial charge >= 0.3 is 6.61 Å². The third-order valence-electron chi connectivity index (χ3n) is 4.02. The Kier molecular flexibility index (Phi) is 5.34. The molecule has 0 spiro atoms. The number of carbonyl (C=O) groups is 1. The van der Waals surface area contributed by atoms with Crippen LogP contribution in [0.4, 0.5) is 8.78 Å². The van der Waals surface area contributed by atoms with Crippen LogP contribution in [0.2, 0.25) is 0 Å². The maximum absolute atomic E-state index is 12.0. The summed E-state index contributed by atoms with van der Waals surface area (Å²) in [5, 5.41) is 12.3. The average molecular weight is 313 g/mol. The fourth-order valence-electron chi connectivity index (χ4n) is 2.47. The van der Waals surface area contributed by atoms with Crippen molar-refractivity contribution in [1.82, 2.24) is 5.32 Å². The maximum Gasteiger partial charge on any atom is 0.387 e. The highest BCUT2D eigenvalue weighted by Gasteiger charge is 2.41. The molecule has 0 aromatic heterocycles. The van der Waals surface area contributed by atoms with E-state index in [9.17, 15) is 18.7 Å². The molecule has 0 radical (unpaired) electrons. The Labute approximate surface area is 128 Å². The predicted molar refractivity (Wildman–Crippen MR) is 77.8 cm³/mol. The van der Waals surface area contributed by atoms with Gasteiger partial charge in [0.05, 0.1) is 12.1 Å². The second kappa shape index (κ2) is 7.05. The Morgan fingerprint density at radius 3 is 2.55 bits per heavy atom. The van der Waals surface area contributed by atoms with E-state index in [-0.39, 0.29) is 24.7 Å². The molecular weight excluding hydrogens is 292 g/mol. The minimum absolute atomic E-state index is 0.0664. The Morgan fingerprint density at radius 1 is 1.41 bits per heavy atom. The summed E-state index contributed by atoms with van der Waals surface area (Å²) in [6.07, 6.45) is 2.86. The van der Waals surface area contributed by atoms with E-state index in [2.05, 4.69) is 10.1 Å². The lowest BCUT2D eigenvalue weighted by Crippen LogP contribution is -2.50. The highest BCUT2D eigenvalue weighted by Crippen LogP contribution is 2.39. The molecule has 1 aliphatic rings. The molecule has 22 heavy (non-hydrogen) atoms. The molecule has 1 amide bonds. The minimum Gasteiger partial charge on any atom is -0.435 e. The molecule has 1 unspecified atom stereocenters. The number of aryl methyl sites for hydroxylation is 1. The number of carbonyl (C=O) groups excluding carboxylic acids is 1. The Bertz CT molecular complexity index is 503. The molecule has 2 N–H and O–H groups in total. The average Bonchev–Trinajstić information content (AvgIpc) is 3.31. The van der Waals surface area contributed by atoms with Crippen LogP contribution in [0.3, 0.4) is 0 Å². The number of aliphatic hydroxyl groups excluding tert-OH is 1. The molecule has 1 saturated carbocycles. The first-order chi connectivity index (χ1) is 10.4. The molecule has 122 valence electrons. The molecule has 1 fully saturated rings. The molecule has 2 rings (SSSR count). The number of alkyl halides is 2. The Hall–Kier alpha value is -1.69. The first-order valence-electron chi connectivity index (χ1n) is 7.38. The van der Waals surface area contributed by atoms with Crippen molar-refractivity contribution in [2.75, 3.05) is 6.61 Å². The van der Waals surface area contributed by atoms with E-state index in [1.54, 1.807) is 12.1 Å². The van der Waals surface area contributed by atoms with Gasteiger partial charge in [0, 0.05) is 6.42 Å². The van der Waals surface area contributed by atoms with Crippen molar-refractivity contribution in [1.29, 1.82) is 0 Å². The van der Waals surface area contributed by atoms with Crippen LogP contribution in [0.25, 0.3) is 0 Å². The van der Waals surface area contributed by atoms with Crippen LogP contribution >= 0.6 is 0 Å². The number of hydrogen-bond donors (Lipinski definition) is 2. The van der Waals surface area contributed by atoms with Gasteiger partial charge in [-0.05, 0) is 49.8 Å². The molecular formula is C16H21F2NO3. The molecule has 0 heterocycles. The zero-order chi connectivity index (χ0) is 16.2. The van der Waals surface area contributed by atoms with Gasteiger partial charge in [0.2, 0.25) is 5.91 Å². The summed E-state index contributed by atoms with van der Waals surface area (Å²) in [6.45, 7) is -1.04. The van der Waals surface area contributed by atoms with Crippen LogP contribution in [0.1, 0.15) is 31.7 Å². The number of aliphatic hydroxyl groups is 1.